The first-order valence-electron chi connectivity index (χ1n) is 7.04. The fraction of sp³-hybridized carbons (Fsp3) is 0.412. The Morgan fingerprint density at radius 1 is 1.09 bits per heavy atom. The molecule has 1 aromatic carbocycles. The Hall–Kier alpha value is -2.30. The van der Waals surface area contributed by atoms with E-state index in [0.717, 1.165) is 11.3 Å². The van der Waals surface area contributed by atoms with E-state index in [0.29, 0.717) is 12.5 Å². The Labute approximate surface area is 130 Å². The van der Waals surface area contributed by atoms with Crippen LogP contribution < -0.4 is 4.74 Å². The summed E-state index contributed by atoms with van der Waals surface area (Å²) >= 11 is 0. The summed E-state index contributed by atoms with van der Waals surface area (Å²) < 4.78 is 14.8. The number of rotatable bonds is 7. The summed E-state index contributed by atoms with van der Waals surface area (Å²) in [4.78, 5) is 23.0. The molecule has 0 aliphatic carbocycles. The van der Waals surface area contributed by atoms with E-state index in [9.17, 15) is 9.59 Å². The van der Waals surface area contributed by atoms with Gasteiger partial charge < -0.3 is 14.2 Å². The van der Waals surface area contributed by atoms with E-state index in [-0.39, 0.29) is 12.0 Å². The maximum Gasteiger partial charge on any atom is 0.334 e. The van der Waals surface area contributed by atoms with Gasteiger partial charge in [0.05, 0.1) is 27.2 Å². The molecule has 0 aromatic heterocycles. The molecule has 0 aliphatic heterocycles. The lowest BCUT2D eigenvalue weighted by atomic mass is 10.1. The smallest absolute Gasteiger partial charge is 0.334 e. The first kappa shape index (κ1) is 17.8. The van der Waals surface area contributed by atoms with Crippen molar-refractivity contribution >= 4 is 18.0 Å². The zero-order valence-corrected chi connectivity index (χ0v) is 13.4. The molecular formula is C17H22O5. The van der Waals surface area contributed by atoms with Crippen LogP contribution in [0.1, 0.15) is 25.8 Å². The normalized spacial score (nSPS) is 11.2. The lowest BCUT2D eigenvalue weighted by Crippen LogP contribution is -2.11. The summed E-state index contributed by atoms with van der Waals surface area (Å²) in [5.41, 5.74) is 1.02. The summed E-state index contributed by atoms with van der Waals surface area (Å²) in [6.45, 7) is 4.80. The fourth-order valence-corrected chi connectivity index (χ4v) is 1.67. The molecule has 0 saturated heterocycles. The third-order valence-electron chi connectivity index (χ3n) is 2.81. The van der Waals surface area contributed by atoms with E-state index in [2.05, 4.69) is 23.3 Å². The van der Waals surface area contributed by atoms with Crippen molar-refractivity contribution in [2.24, 2.45) is 5.92 Å². The second-order valence-electron chi connectivity index (χ2n) is 5.19. The topological polar surface area (TPSA) is 61.8 Å². The van der Waals surface area contributed by atoms with Gasteiger partial charge in [-0.2, -0.15) is 0 Å². The van der Waals surface area contributed by atoms with Gasteiger partial charge in [-0.25, -0.2) is 4.79 Å². The first-order chi connectivity index (χ1) is 10.5. The molecule has 0 bridgehead atoms. The van der Waals surface area contributed by atoms with Gasteiger partial charge in [0.25, 0.3) is 0 Å². The van der Waals surface area contributed by atoms with Gasteiger partial charge in [0.1, 0.15) is 5.75 Å². The number of hydrogen-bond acceptors (Lipinski definition) is 5. The molecular weight excluding hydrogens is 284 g/mol. The van der Waals surface area contributed by atoms with Crippen LogP contribution >= 0.6 is 0 Å². The minimum Gasteiger partial charge on any atom is -0.493 e. The van der Waals surface area contributed by atoms with Gasteiger partial charge in [-0.05, 0) is 29.7 Å². The van der Waals surface area contributed by atoms with Crippen molar-refractivity contribution in [1.29, 1.82) is 0 Å². The molecule has 0 atom stereocenters. The fourth-order valence-electron chi connectivity index (χ4n) is 1.67. The third-order valence-corrected chi connectivity index (χ3v) is 2.81. The zero-order valence-electron chi connectivity index (χ0n) is 13.4. The van der Waals surface area contributed by atoms with Crippen LogP contribution in [0.4, 0.5) is 0 Å². The number of hydrogen-bond donors (Lipinski definition) is 0. The second kappa shape index (κ2) is 8.87. The Morgan fingerprint density at radius 2 is 1.73 bits per heavy atom. The molecule has 1 aromatic rings. The van der Waals surface area contributed by atoms with Gasteiger partial charge >= 0.3 is 11.9 Å². The summed E-state index contributed by atoms with van der Waals surface area (Å²) in [5, 5.41) is 0. The largest absolute Gasteiger partial charge is 0.493 e. The lowest BCUT2D eigenvalue weighted by Gasteiger charge is -2.09. The minimum absolute atomic E-state index is 0.130. The second-order valence-corrected chi connectivity index (χ2v) is 5.19. The van der Waals surface area contributed by atoms with E-state index in [1.807, 2.05) is 24.3 Å². The van der Waals surface area contributed by atoms with E-state index in [4.69, 9.17) is 4.74 Å². The van der Waals surface area contributed by atoms with Crippen molar-refractivity contribution in [2.45, 2.75) is 20.3 Å². The van der Waals surface area contributed by atoms with Crippen LogP contribution in [0, 0.1) is 5.92 Å². The van der Waals surface area contributed by atoms with Crippen LogP contribution in [-0.4, -0.2) is 32.8 Å². The summed E-state index contributed by atoms with van der Waals surface area (Å²) in [6.07, 6.45) is 1.48. The average Bonchev–Trinajstić information content (AvgIpc) is 2.52. The third kappa shape index (κ3) is 5.99. The van der Waals surface area contributed by atoms with Crippen LogP contribution in [0.3, 0.4) is 0 Å². The highest BCUT2D eigenvalue weighted by Crippen LogP contribution is 2.17. The Bertz CT molecular complexity index is 528. The monoisotopic (exact) mass is 306 g/mol. The molecule has 120 valence electrons. The molecule has 0 fully saturated rings. The molecule has 0 radical (unpaired) electrons. The molecule has 0 unspecified atom stereocenters. The first-order valence-corrected chi connectivity index (χ1v) is 7.04. The van der Waals surface area contributed by atoms with E-state index in [1.54, 1.807) is 6.08 Å². The van der Waals surface area contributed by atoms with Gasteiger partial charge in [0.15, 0.2) is 0 Å². The van der Waals surface area contributed by atoms with Gasteiger partial charge in [0, 0.05) is 5.57 Å². The van der Waals surface area contributed by atoms with E-state index >= 15 is 0 Å². The molecule has 0 saturated carbocycles. The van der Waals surface area contributed by atoms with Crippen LogP contribution in [0.25, 0.3) is 6.08 Å². The molecule has 5 heteroatoms. The number of ether oxygens (including phenoxy) is 3. The quantitative estimate of drug-likeness (QED) is 0.572. The Balaban J connectivity index is 2.86. The van der Waals surface area contributed by atoms with Crippen LogP contribution in [-0.2, 0) is 19.1 Å². The summed E-state index contributed by atoms with van der Waals surface area (Å²) in [7, 11) is 2.55. The predicted octanol–water partition coefficient (Wildman–Crippen LogP) is 2.84. The number of esters is 2. The number of benzene rings is 1. The average molecular weight is 306 g/mol. The van der Waals surface area contributed by atoms with Gasteiger partial charge in [-0.1, -0.05) is 26.0 Å². The predicted molar refractivity (Wildman–Crippen MR) is 83.4 cm³/mol. The molecule has 1 rings (SSSR count). The standard InChI is InChI=1S/C17H22O5/c1-12(2)11-22-15-7-5-13(6-8-15)9-14(17(19)21-4)10-16(18)20-3/h5-9,12H,10-11H2,1-4H3. The molecule has 0 amide bonds. The maximum atomic E-state index is 11.7. The maximum absolute atomic E-state index is 11.7. The van der Waals surface area contributed by atoms with Crippen LogP contribution in [0.15, 0.2) is 29.8 Å². The van der Waals surface area contributed by atoms with E-state index in [1.165, 1.54) is 14.2 Å². The highest BCUT2D eigenvalue weighted by Gasteiger charge is 2.14. The molecule has 0 aliphatic rings. The molecule has 0 spiro atoms. The summed E-state index contributed by atoms with van der Waals surface area (Å²) in [5.74, 6) is 0.170. The SMILES string of the molecule is COC(=O)CC(=Cc1ccc(OCC(C)C)cc1)C(=O)OC. The minimum atomic E-state index is -0.550. The zero-order chi connectivity index (χ0) is 16.5. The number of carbonyl (C=O) groups excluding carboxylic acids is 2. The Morgan fingerprint density at radius 3 is 2.23 bits per heavy atom. The molecule has 0 N–H and O–H groups in total. The molecule has 5 nitrogen and oxygen atoms in total. The van der Waals surface area contributed by atoms with Crippen molar-refractivity contribution in [2.75, 3.05) is 20.8 Å². The van der Waals surface area contributed by atoms with Crippen molar-refractivity contribution < 1.29 is 23.8 Å². The number of carbonyl (C=O) groups is 2. The van der Waals surface area contributed by atoms with E-state index < -0.39 is 11.9 Å². The van der Waals surface area contributed by atoms with Crippen molar-refractivity contribution in [3.05, 3.63) is 35.4 Å². The van der Waals surface area contributed by atoms with Crippen LogP contribution in [0.2, 0.25) is 0 Å². The van der Waals surface area contributed by atoms with Gasteiger partial charge in [-0.3, -0.25) is 4.79 Å². The summed E-state index contributed by atoms with van der Waals surface area (Å²) in [6, 6.07) is 7.27. The van der Waals surface area contributed by atoms with Crippen molar-refractivity contribution in [3.63, 3.8) is 0 Å². The highest BCUT2D eigenvalue weighted by atomic mass is 16.5. The van der Waals surface area contributed by atoms with Gasteiger partial charge in [-0.15, -0.1) is 0 Å². The van der Waals surface area contributed by atoms with Crippen molar-refractivity contribution in [1.82, 2.24) is 0 Å². The highest BCUT2D eigenvalue weighted by molar-refractivity contribution is 5.98. The Kier molecular flexibility index (Phi) is 7.16. The van der Waals surface area contributed by atoms with Crippen molar-refractivity contribution in [3.8, 4) is 5.75 Å². The molecule has 22 heavy (non-hydrogen) atoms. The van der Waals surface area contributed by atoms with Gasteiger partial charge in [0.2, 0.25) is 0 Å². The lowest BCUT2D eigenvalue weighted by molar-refractivity contribution is -0.143. The molecule has 0 heterocycles. The van der Waals surface area contributed by atoms with Crippen LogP contribution in [0.5, 0.6) is 5.75 Å². The number of methoxy groups -OCH3 is 2.